The molecule has 156 valence electrons. The van der Waals surface area contributed by atoms with Crippen molar-refractivity contribution in [3.05, 3.63) is 82.7 Å². The van der Waals surface area contributed by atoms with Crippen LogP contribution in [-0.2, 0) is 13.0 Å². The molecule has 0 saturated carbocycles. The fourth-order valence-corrected chi connectivity index (χ4v) is 3.34. The summed E-state index contributed by atoms with van der Waals surface area (Å²) in [6, 6.07) is 17.1. The molecule has 0 spiro atoms. The van der Waals surface area contributed by atoms with Crippen LogP contribution in [0.3, 0.4) is 0 Å². The number of guanidine groups is 1. The second-order valence-corrected chi connectivity index (χ2v) is 7.26. The van der Waals surface area contributed by atoms with Crippen molar-refractivity contribution in [2.45, 2.75) is 40.7 Å². The van der Waals surface area contributed by atoms with Gasteiger partial charge in [0, 0.05) is 30.0 Å². The molecule has 30 heavy (non-hydrogen) atoms. The molecular weight excluding hydrogens is 374 g/mol. The van der Waals surface area contributed by atoms with Crippen LogP contribution in [0.25, 0.3) is 0 Å². The summed E-state index contributed by atoms with van der Waals surface area (Å²) in [5.41, 5.74) is 6.05. The van der Waals surface area contributed by atoms with Gasteiger partial charge in [-0.05, 0) is 63.9 Å². The van der Waals surface area contributed by atoms with Gasteiger partial charge in [0.25, 0.3) is 5.91 Å². The van der Waals surface area contributed by atoms with Crippen molar-refractivity contribution in [2.75, 3.05) is 11.9 Å². The molecule has 0 unspecified atom stereocenters. The van der Waals surface area contributed by atoms with Crippen LogP contribution in [0.2, 0.25) is 0 Å². The van der Waals surface area contributed by atoms with Crippen molar-refractivity contribution >= 4 is 17.6 Å². The Morgan fingerprint density at radius 1 is 1.03 bits per heavy atom. The number of carbonyl (C=O) groups excluding carboxylic acids is 1. The summed E-state index contributed by atoms with van der Waals surface area (Å²) in [5.74, 6) is 0.242. The topological polar surface area (TPSA) is 71.3 Å². The number of aliphatic imine (C=N–C) groups is 1. The highest BCUT2D eigenvalue weighted by Gasteiger charge is 2.12. The molecule has 0 aliphatic carbocycles. The Bertz CT molecular complexity index is 1020. The first-order valence-corrected chi connectivity index (χ1v) is 10.3. The van der Waals surface area contributed by atoms with Crippen molar-refractivity contribution < 1.29 is 4.79 Å². The number of rotatable bonds is 6. The second kappa shape index (κ2) is 9.87. The van der Waals surface area contributed by atoms with Gasteiger partial charge >= 0.3 is 0 Å². The Morgan fingerprint density at radius 2 is 1.73 bits per heavy atom. The van der Waals surface area contributed by atoms with E-state index in [2.05, 4.69) is 34.6 Å². The molecule has 6 nitrogen and oxygen atoms in total. The van der Waals surface area contributed by atoms with Gasteiger partial charge in [0.15, 0.2) is 0 Å². The molecule has 3 rings (SSSR count). The largest absolute Gasteiger partial charge is 0.326 e. The fraction of sp³-hybridized carbons (Fsp3) is 0.292. The van der Waals surface area contributed by atoms with Crippen molar-refractivity contribution in [1.82, 2.24) is 15.1 Å². The summed E-state index contributed by atoms with van der Waals surface area (Å²) in [7, 11) is 0. The Hall–Kier alpha value is -3.41. The normalized spacial score (nSPS) is 11.4. The molecule has 2 aromatic carbocycles. The van der Waals surface area contributed by atoms with Gasteiger partial charge in [-0.3, -0.25) is 19.8 Å². The highest BCUT2D eigenvalue weighted by atomic mass is 16.1. The zero-order chi connectivity index (χ0) is 21.5. The molecule has 1 heterocycles. The molecule has 2 N–H and O–H groups in total. The number of amides is 1. The molecule has 0 saturated heterocycles. The minimum absolute atomic E-state index is 0.194. The highest BCUT2D eigenvalue weighted by molar-refractivity contribution is 6.09. The standard InChI is InChI=1S/C24H29N5O/c1-5-29-19(4)22(18(3)28-29)15-16-25-24(26-21-13-11-17(2)12-14-21)27-23(30)20-9-7-6-8-10-20/h6-14H,5,15-16H2,1-4H3,(H2,25,26,27,30). The van der Waals surface area contributed by atoms with Crippen molar-refractivity contribution in [3.63, 3.8) is 0 Å². The van der Waals surface area contributed by atoms with Gasteiger partial charge < -0.3 is 5.32 Å². The van der Waals surface area contributed by atoms with Crippen LogP contribution < -0.4 is 10.6 Å². The average Bonchev–Trinajstić information content (AvgIpc) is 3.03. The summed E-state index contributed by atoms with van der Waals surface area (Å²) in [6.45, 7) is 9.64. The highest BCUT2D eigenvalue weighted by Crippen LogP contribution is 2.14. The third-order valence-corrected chi connectivity index (χ3v) is 5.04. The van der Waals surface area contributed by atoms with Crippen LogP contribution in [0.5, 0.6) is 0 Å². The molecule has 0 bridgehead atoms. The zero-order valence-corrected chi connectivity index (χ0v) is 18.1. The van der Waals surface area contributed by atoms with Crippen molar-refractivity contribution in [3.8, 4) is 0 Å². The monoisotopic (exact) mass is 403 g/mol. The molecule has 0 aliphatic rings. The molecule has 3 aromatic rings. The van der Waals surface area contributed by atoms with Crippen LogP contribution in [0.4, 0.5) is 5.69 Å². The lowest BCUT2D eigenvalue weighted by molar-refractivity contribution is 0.0977. The SMILES string of the molecule is CCn1nc(C)c(CCN=C(NC(=O)c2ccccc2)Nc2ccc(C)cc2)c1C. The van der Waals surface area contributed by atoms with Crippen molar-refractivity contribution in [2.24, 2.45) is 4.99 Å². The number of anilines is 1. The maximum Gasteiger partial charge on any atom is 0.257 e. The summed E-state index contributed by atoms with van der Waals surface area (Å²) in [6.07, 6.45) is 0.762. The van der Waals surface area contributed by atoms with Crippen LogP contribution in [-0.4, -0.2) is 28.2 Å². The van der Waals surface area contributed by atoms with E-state index in [1.807, 2.05) is 61.0 Å². The quantitative estimate of drug-likeness (QED) is 0.477. The Morgan fingerprint density at radius 3 is 2.37 bits per heavy atom. The van der Waals surface area contributed by atoms with Gasteiger partial charge in [-0.2, -0.15) is 5.10 Å². The first-order chi connectivity index (χ1) is 14.5. The molecular formula is C24H29N5O. The molecule has 1 amide bonds. The van der Waals surface area contributed by atoms with E-state index in [0.29, 0.717) is 18.1 Å². The molecule has 6 heteroatoms. The number of nitrogens with one attached hydrogen (secondary N) is 2. The molecule has 0 atom stereocenters. The maximum absolute atomic E-state index is 12.6. The number of aryl methyl sites for hydroxylation is 3. The van der Waals surface area contributed by atoms with Crippen LogP contribution >= 0.6 is 0 Å². The number of benzene rings is 2. The number of hydrogen-bond acceptors (Lipinski definition) is 3. The average molecular weight is 404 g/mol. The van der Waals surface area contributed by atoms with E-state index in [4.69, 9.17) is 0 Å². The molecule has 0 radical (unpaired) electrons. The molecule has 0 aliphatic heterocycles. The van der Waals surface area contributed by atoms with Crippen LogP contribution in [0.1, 0.15) is 39.8 Å². The lowest BCUT2D eigenvalue weighted by Crippen LogP contribution is -2.36. The minimum Gasteiger partial charge on any atom is -0.326 e. The van der Waals surface area contributed by atoms with Gasteiger partial charge in [0.2, 0.25) is 5.96 Å². The lowest BCUT2D eigenvalue weighted by Gasteiger charge is -2.12. The van der Waals surface area contributed by atoms with Gasteiger partial charge in [-0.15, -0.1) is 0 Å². The number of nitrogens with zero attached hydrogens (tertiary/aromatic N) is 3. The van der Waals surface area contributed by atoms with Crippen LogP contribution in [0, 0.1) is 20.8 Å². The van der Waals surface area contributed by atoms with E-state index in [-0.39, 0.29) is 5.91 Å². The van der Waals surface area contributed by atoms with E-state index < -0.39 is 0 Å². The summed E-state index contributed by atoms with van der Waals surface area (Å²) in [4.78, 5) is 17.3. The molecule has 1 aromatic heterocycles. The van der Waals surface area contributed by atoms with Crippen molar-refractivity contribution in [1.29, 1.82) is 0 Å². The first-order valence-electron chi connectivity index (χ1n) is 10.3. The zero-order valence-electron chi connectivity index (χ0n) is 18.1. The van der Waals surface area contributed by atoms with E-state index >= 15 is 0 Å². The smallest absolute Gasteiger partial charge is 0.257 e. The lowest BCUT2D eigenvalue weighted by atomic mass is 10.1. The molecule has 0 fully saturated rings. The summed E-state index contributed by atoms with van der Waals surface area (Å²) >= 11 is 0. The van der Waals surface area contributed by atoms with Gasteiger partial charge in [-0.1, -0.05) is 35.9 Å². The van der Waals surface area contributed by atoms with E-state index in [0.717, 1.165) is 24.3 Å². The number of carbonyl (C=O) groups is 1. The van der Waals surface area contributed by atoms with Gasteiger partial charge in [0.1, 0.15) is 0 Å². The van der Waals surface area contributed by atoms with Gasteiger partial charge in [-0.25, -0.2) is 0 Å². The second-order valence-electron chi connectivity index (χ2n) is 7.26. The summed E-state index contributed by atoms with van der Waals surface area (Å²) < 4.78 is 2.01. The minimum atomic E-state index is -0.194. The Balaban J connectivity index is 1.76. The Labute approximate surface area is 178 Å². The third kappa shape index (κ3) is 5.35. The number of aromatic nitrogens is 2. The van der Waals surface area contributed by atoms with E-state index in [1.165, 1.54) is 16.8 Å². The fourth-order valence-electron chi connectivity index (χ4n) is 3.34. The number of hydrogen-bond donors (Lipinski definition) is 2. The van der Waals surface area contributed by atoms with Crippen LogP contribution in [0.15, 0.2) is 59.6 Å². The van der Waals surface area contributed by atoms with Gasteiger partial charge in [0.05, 0.1) is 5.69 Å². The van der Waals surface area contributed by atoms with E-state index in [9.17, 15) is 4.79 Å². The maximum atomic E-state index is 12.6. The predicted octanol–water partition coefficient (Wildman–Crippen LogP) is 4.27. The third-order valence-electron chi connectivity index (χ3n) is 5.04. The predicted molar refractivity (Wildman–Crippen MR) is 122 cm³/mol. The first kappa shape index (κ1) is 21.3. The van der Waals surface area contributed by atoms with E-state index in [1.54, 1.807) is 12.1 Å². The summed E-state index contributed by atoms with van der Waals surface area (Å²) in [5, 5.41) is 10.7. The Kier molecular flexibility index (Phi) is 7.01.